The van der Waals surface area contributed by atoms with Gasteiger partial charge in [-0.05, 0) is 76.2 Å². The average Bonchev–Trinajstić information content (AvgIpc) is 2.74. The van der Waals surface area contributed by atoms with E-state index in [4.69, 9.17) is 9.15 Å². The fourth-order valence-electron chi connectivity index (χ4n) is 4.78. The molecule has 1 aromatic heterocycles. The van der Waals surface area contributed by atoms with Crippen LogP contribution in [0.4, 0.5) is 0 Å². The first-order valence-corrected chi connectivity index (χ1v) is 10.7. The third-order valence-electron chi connectivity index (χ3n) is 6.59. The molecule has 0 spiro atoms. The molecule has 2 fully saturated rings. The van der Waals surface area contributed by atoms with Crippen molar-refractivity contribution in [2.75, 3.05) is 26.2 Å². The van der Waals surface area contributed by atoms with Gasteiger partial charge in [0.15, 0.2) is 6.61 Å². The standard InChI is InChI=1S/C23H30N2O4/c1-15-16(2)23(27)29-21-12-18(8-9-19(15)21)28-14-22(26)24-13-17-6-5-11-25-10-4-3-7-20(17)25/h8-9,12,17,20H,3-7,10-11,13-14H2,1-2H3,(H,24,26)/t17-,20+/m1/s1. The summed E-state index contributed by atoms with van der Waals surface area (Å²) in [7, 11) is 0. The molecule has 0 bridgehead atoms. The van der Waals surface area contributed by atoms with E-state index in [0.717, 1.165) is 10.9 Å². The monoisotopic (exact) mass is 398 g/mol. The van der Waals surface area contributed by atoms with E-state index in [1.54, 1.807) is 13.0 Å². The van der Waals surface area contributed by atoms with E-state index in [2.05, 4.69) is 10.2 Å². The maximum absolute atomic E-state index is 12.3. The topological polar surface area (TPSA) is 71.8 Å². The lowest BCUT2D eigenvalue weighted by Gasteiger charge is -2.44. The van der Waals surface area contributed by atoms with Crippen molar-refractivity contribution in [3.05, 3.63) is 39.7 Å². The Balaban J connectivity index is 1.32. The molecule has 2 atom stereocenters. The van der Waals surface area contributed by atoms with Crippen LogP contribution in [0.25, 0.3) is 11.0 Å². The summed E-state index contributed by atoms with van der Waals surface area (Å²) in [6.45, 7) is 6.75. The van der Waals surface area contributed by atoms with Gasteiger partial charge < -0.3 is 19.4 Å². The van der Waals surface area contributed by atoms with Crippen LogP contribution < -0.4 is 15.7 Å². The highest BCUT2D eigenvalue weighted by molar-refractivity contribution is 5.82. The minimum absolute atomic E-state index is 0.0400. The van der Waals surface area contributed by atoms with Gasteiger partial charge in [0.05, 0.1) is 0 Å². The number of nitrogens with one attached hydrogen (secondary N) is 1. The zero-order valence-corrected chi connectivity index (χ0v) is 17.3. The number of fused-ring (bicyclic) bond motifs is 2. The highest BCUT2D eigenvalue weighted by Crippen LogP contribution is 2.30. The molecular weight excluding hydrogens is 368 g/mol. The van der Waals surface area contributed by atoms with Gasteiger partial charge in [0.1, 0.15) is 11.3 Å². The number of carbonyl (C=O) groups excluding carboxylic acids is 1. The molecule has 2 aliphatic heterocycles. The van der Waals surface area contributed by atoms with E-state index >= 15 is 0 Å². The van der Waals surface area contributed by atoms with E-state index in [1.807, 2.05) is 19.1 Å². The Morgan fingerprint density at radius 3 is 2.86 bits per heavy atom. The second-order valence-electron chi connectivity index (χ2n) is 8.39. The van der Waals surface area contributed by atoms with E-state index in [0.29, 0.717) is 35.4 Å². The van der Waals surface area contributed by atoms with Crippen LogP contribution in [0.1, 0.15) is 43.2 Å². The van der Waals surface area contributed by atoms with Crippen molar-refractivity contribution in [1.82, 2.24) is 10.2 Å². The predicted octanol–water partition coefficient (Wildman–Crippen LogP) is 3.17. The summed E-state index contributed by atoms with van der Waals surface area (Å²) in [5.74, 6) is 0.948. The van der Waals surface area contributed by atoms with Gasteiger partial charge >= 0.3 is 5.63 Å². The average molecular weight is 399 g/mol. The lowest BCUT2D eigenvalue weighted by atomic mass is 9.83. The van der Waals surface area contributed by atoms with E-state index in [-0.39, 0.29) is 18.1 Å². The first kappa shape index (κ1) is 20.0. The van der Waals surface area contributed by atoms with Crippen LogP contribution in [-0.4, -0.2) is 43.1 Å². The summed E-state index contributed by atoms with van der Waals surface area (Å²) in [5.41, 5.74) is 1.67. The summed E-state index contributed by atoms with van der Waals surface area (Å²) in [6.07, 6.45) is 6.25. The van der Waals surface area contributed by atoms with Gasteiger partial charge in [-0.15, -0.1) is 0 Å². The number of hydrogen-bond donors (Lipinski definition) is 1. The Bertz CT molecular complexity index is 950. The van der Waals surface area contributed by atoms with Crippen LogP contribution in [0.2, 0.25) is 0 Å². The van der Waals surface area contributed by atoms with Crippen molar-refractivity contribution in [1.29, 1.82) is 0 Å². The molecule has 6 heteroatoms. The number of aryl methyl sites for hydroxylation is 1. The van der Waals surface area contributed by atoms with Crippen molar-refractivity contribution in [3.8, 4) is 5.75 Å². The molecule has 0 radical (unpaired) electrons. The zero-order valence-electron chi connectivity index (χ0n) is 17.3. The molecule has 3 heterocycles. The molecule has 1 aromatic carbocycles. The third kappa shape index (κ3) is 4.32. The third-order valence-corrected chi connectivity index (χ3v) is 6.59. The number of rotatable bonds is 5. The number of carbonyl (C=O) groups is 1. The maximum Gasteiger partial charge on any atom is 0.339 e. The highest BCUT2D eigenvalue weighted by atomic mass is 16.5. The van der Waals surface area contributed by atoms with Crippen molar-refractivity contribution in [2.24, 2.45) is 5.92 Å². The molecule has 1 N–H and O–H groups in total. The quantitative estimate of drug-likeness (QED) is 0.784. The first-order valence-electron chi connectivity index (χ1n) is 10.7. The van der Waals surface area contributed by atoms with Crippen molar-refractivity contribution in [3.63, 3.8) is 0 Å². The highest BCUT2D eigenvalue weighted by Gasteiger charge is 2.32. The molecular formula is C23H30N2O4. The van der Waals surface area contributed by atoms with Gasteiger partial charge in [-0.3, -0.25) is 4.79 Å². The largest absolute Gasteiger partial charge is 0.484 e. The van der Waals surface area contributed by atoms with Crippen LogP contribution in [0.3, 0.4) is 0 Å². The molecule has 1 amide bonds. The van der Waals surface area contributed by atoms with Crippen molar-refractivity contribution in [2.45, 2.75) is 52.0 Å². The number of benzene rings is 1. The van der Waals surface area contributed by atoms with Crippen LogP contribution >= 0.6 is 0 Å². The molecule has 0 unspecified atom stereocenters. The minimum atomic E-state index is -0.339. The lowest BCUT2D eigenvalue weighted by Crippen LogP contribution is -2.51. The maximum atomic E-state index is 12.3. The molecule has 156 valence electrons. The van der Waals surface area contributed by atoms with Gasteiger partial charge in [-0.2, -0.15) is 0 Å². The van der Waals surface area contributed by atoms with E-state index in [9.17, 15) is 9.59 Å². The number of nitrogens with zero attached hydrogens (tertiary/aromatic N) is 1. The van der Waals surface area contributed by atoms with Crippen LogP contribution in [0.5, 0.6) is 5.75 Å². The molecule has 0 saturated carbocycles. The molecule has 0 aliphatic carbocycles. The Hall–Kier alpha value is -2.34. The van der Waals surface area contributed by atoms with Gasteiger partial charge in [-0.25, -0.2) is 4.79 Å². The van der Waals surface area contributed by atoms with Crippen LogP contribution in [0, 0.1) is 19.8 Å². The lowest BCUT2D eigenvalue weighted by molar-refractivity contribution is -0.123. The number of ether oxygens (including phenoxy) is 1. The molecule has 29 heavy (non-hydrogen) atoms. The van der Waals surface area contributed by atoms with Crippen LogP contribution in [0.15, 0.2) is 27.4 Å². The molecule has 6 nitrogen and oxygen atoms in total. The predicted molar refractivity (Wildman–Crippen MR) is 112 cm³/mol. The fraction of sp³-hybridized carbons (Fsp3) is 0.565. The summed E-state index contributed by atoms with van der Waals surface area (Å²) >= 11 is 0. The Labute approximate surface area is 171 Å². The number of amides is 1. The SMILES string of the molecule is Cc1c(C)c2ccc(OCC(=O)NC[C@H]3CCCN4CCCC[C@@H]34)cc2oc1=O. The van der Waals surface area contributed by atoms with Crippen molar-refractivity contribution < 1.29 is 13.9 Å². The van der Waals surface area contributed by atoms with Gasteiger partial charge in [0.2, 0.25) is 0 Å². The second kappa shape index (κ2) is 8.57. The summed E-state index contributed by atoms with van der Waals surface area (Å²) in [6, 6.07) is 5.97. The minimum Gasteiger partial charge on any atom is -0.484 e. The Morgan fingerprint density at radius 1 is 1.17 bits per heavy atom. The fourth-order valence-corrected chi connectivity index (χ4v) is 4.78. The normalized spacial score (nSPS) is 22.3. The molecule has 2 saturated heterocycles. The van der Waals surface area contributed by atoms with E-state index in [1.165, 1.54) is 45.2 Å². The smallest absolute Gasteiger partial charge is 0.339 e. The number of hydrogen-bond acceptors (Lipinski definition) is 5. The summed E-state index contributed by atoms with van der Waals surface area (Å²) in [5, 5.41) is 3.94. The Morgan fingerprint density at radius 2 is 2.00 bits per heavy atom. The molecule has 2 aromatic rings. The number of piperidine rings is 2. The van der Waals surface area contributed by atoms with E-state index < -0.39 is 0 Å². The van der Waals surface area contributed by atoms with Crippen molar-refractivity contribution >= 4 is 16.9 Å². The Kier molecular flexibility index (Phi) is 5.90. The second-order valence-corrected chi connectivity index (χ2v) is 8.39. The summed E-state index contributed by atoms with van der Waals surface area (Å²) in [4.78, 5) is 26.8. The zero-order chi connectivity index (χ0) is 20.4. The van der Waals surface area contributed by atoms with Gasteiger partial charge in [-0.1, -0.05) is 6.42 Å². The molecule has 4 rings (SSSR count). The van der Waals surface area contributed by atoms with Crippen LogP contribution in [-0.2, 0) is 4.79 Å². The first-order chi connectivity index (χ1) is 14.0. The molecule has 2 aliphatic rings. The van der Waals surface area contributed by atoms with Gasteiger partial charge in [0, 0.05) is 29.6 Å². The summed E-state index contributed by atoms with van der Waals surface area (Å²) < 4.78 is 11.0. The van der Waals surface area contributed by atoms with Gasteiger partial charge in [0.25, 0.3) is 5.91 Å².